The quantitative estimate of drug-likeness (QED) is 0.826. The molecule has 1 amide bonds. The molecule has 7 nitrogen and oxygen atoms in total. The van der Waals surface area contributed by atoms with Crippen molar-refractivity contribution in [2.45, 2.75) is 11.8 Å². The van der Waals surface area contributed by atoms with Gasteiger partial charge in [0.05, 0.1) is 6.20 Å². The lowest BCUT2D eigenvalue weighted by atomic mass is 10.3. The summed E-state index contributed by atoms with van der Waals surface area (Å²) in [5.41, 5.74) is 5.90. The van der Waals surface area contributed by atoms with Crippen LogP contribution in [0.5, 0.6) is 5.75 Å². The molecule has 0 saturated heterocycles. The second-order valence-corrected chi connectivity index (χ2v) is 5.71. The summed E-state index contributed by atoms with van der Waals surface area (Å²) < 4.78 is 29.0. The molecule has 0 fully saturated rings. The number of aromatic nitrogens is 1. The van der Waals surface area contributed by atoms with Crippen molar-refractivity contribution in [3.05, 3.63) is 42.6 Å². The molecule has 0 radical (unpaired) electrons. The molecule has 0 aliphatic carbocycles. The minimum Gasteiger partial charge on any atom is -0.384 e. The molecule has 1 heterocycles. The third kappa shape index (κ3) is 3.93. The summed E-state index contributed by atoms with van der Waals surface area (Å²) in [6, 6.07) is 8.46. The third-order valence-electron chi connectivity index (χ3n) is 2.43. The number of nitrogens with two attached hydrogens (primary N) is 1. The van der Waals surface area contributed by atoms with Gasteiger partial charge in [-0.15, -0.1) is 0 Å². The fraction of sp³-hybridized carbons (Fsp3) is 0.0769. The number of carbonyl (C=O) groups excluding carboxylic acids is 1. The monoisotopic (exact) mass is 307 g/mol. The summed E-state index contributed by atoms with van der Waals surface area (Å²) in [5, 5.41) is 2.54. The van der Waals surface area contributed by atoms with E-state index in [4.69, 9.17) is 9.92 Å². The smallest absolute Gasteiger partial charge is 0.339 e. The van der Waals surface area contributed by atoms with Gasteiger partial charge in [0.1, 0.15) is 10.7 Å². The highest BCUT2D eigenvalue weighted by molar-refractivity contribution is 7.87. The standard InChI is InChI=1S/C13H13N3O4S/c1-9(17)16-10-2-5-12(6-3-10)21(18,19)20-11-4-7-13(14)15-8-11/h2-8H,1H3,(H2,14,15)(H,16,17). The Labute approximate surface area is 121 Å². The van der Waals surface area contributed by atoms with Crippen LogP contribution in [-0.2, 0) is 14.9 Å². The van der Waals surface area contributed by atoms with Crippen LogP contribution in [0.25, 0.3) is 0 Å². The number of pyridine rings is 1. The Balaban J connectivity index is 2.19. The molecule has 0 atom stereocenters. The Kier molecular flexibility index (Phi) is 4.08. The fourth-order valence-corrected chi connectivity index (χ4v) is 2.44. The SMILES string of the molecule is CC(=O)Nc1ccc(S(=O)(=O)Oc2ccc(N)nc2)cc1. The van der Waals surface area contributed by atoms with Crippen LogP contribution in [0.4, 0.5) is 11.5 Å². The molecule has 110 valence electrons. The van der Waals surface area contributed by atoms with Crippen LogP contribution >= 0.6 is 0 Å². The average molecular weight is 307 g/mol. The fourth-order valence-electron chi connectivity index (χ4n) is 1.52. The van der Waals surface area contributed by atoms with Gasteiger partial charge >= 0.3 is 10.1 Å². The van der Waals surface area contributed by atoms with Crippen LogP contribution in [0, 0.1) is 0 Å². The first kappa shape index (κ1) is 14.8. The zero-order valence-corrected chi connectivity index (χ0v) is 11.9. The van der Waals surface area contributed by atoms with Gasteiger partial charge in [-0.05, 0) is 36.4 Å². The topological polar surface area (TPSA) is 111 Å². The molecular formula is C13H13N3O4S. The maximum absolute atomic E-state index is 12.1. The van der Waals surface area contributed by atoms with E-state index in [1.165, 1.54) is 49.5 Å². The number of amides is 1. The van der Waals surface area contributed by atoms with Gasteiger partial charge in [0.25, 0.3) is 0 Å². The molecule has 8 heteroatoms. The normalized spacial score (nSPS) is 10.9. The van der Waals surface area contributed by atoms with Crippen molar-refractivity contribution in [1.29, 1.82) is 0 Å². The van der Waals surface area contributed by atoms with E-state index in [1.807, 2.05) is 0 Å². The number of nitrogens with one attached hydrogen (secondary N) is 1. The number of hydrogen-bond acceptors (Lipinski definition) is 6. The molecule has 0 unspecified atom stereocenters. The van der Waals surface area contributed by atoms with Gasteiger partial charge in [-0.2, -0.15) is 8.42 Å². The van der Waals surface area contributed by atoms with Crippen LogP contribution in [-0.4, -0.2) is 19.3 Å². The summed E-state index contributed by atoms with van der Waals surface area (Å²) >= 11 is 0. The largest absolute Gasteiger partial charge is 0.384 e. The molecule has 0 aliphatic heterocycles. The first-order valence-electron chi connectivity index (χ1n) is 5.90. The maximum Gasteiger partial charge on any atom is 0.339 e. The highest BCUT2D eigenvalue weighted by atomic mass is 32.2. The van der Waals surface area contributed by atoms with Gasteiger partial charge in [-0.3, -0.25) is 4.79 Å². The summed E-state index contributed by atoms with van der Waals surface area (Å²) in [7, 11) is -3.96. The van der Waals surface area contributed by atoms with Crippen molar-refractivity contribution in [1.82, 2.24) is 4.98 Å². The lowest BCUT2D eigenvalue weighted by Crippen LogP contribution is -2.10. The molecule has 1 aromatic heterocycles. The Morgan fingerprint density at radius 3 is 2.38 bits per heavy atom. The minimum absolute atomic E-state index is 0.0339. The highest BCUT2D eigenvalue weighted by Crippen LogP contribution is 2.20. The van der Waals surface area contributed by atoms with Crippen molar-refractivity contribution >= 4 is 27.5 Å². The molecule has 2 rings (SSSR count). The van der Waals surface area contributed by atoms with Crippen LogP contribution in [0.1, 0.15) is 6.92 Å². The van der Waals surface area contributed by atoms with Crippen molar-refractivity contribution in [3.8, 4) is 5.75 Å². The van der Waals surface area contributed by atoms with E-state index in [1.54, 1.807) is 0 Å². The molecule has 1 aromatic carbocycles. The minimum atomic E-state index is -3.96. The second kappa shape index (κ2) is 5.80. The zero-order chi connectivity index (χ0) is 15.5. The average Bonchev–Trinajstić information content (AvgIpc) is 2.41. The third-order valence-corrected chi connectivity index (χ3v) is 3.69. The number of hydrogen-bond donors (Lipinski definition) is 2. The summed E-state index contributed by atoms with van der Waals surface area (Å²) in [6.07, 6.45) is 1.22. The molecule has 21 heavy (non-hydrogen) atoms. The van der Waals surface area contributed by atoms with Crippen molar-refractivity contribution in [3.63, 3.8) is 0 Å². The Morgan fingerprint density at radius 2 is 1.86 bits per heavy atom. The van der Waals surface area contributed by atoms with Crippen LogP contribution in [0.2, 0.25) is 0 Å². The Morgan fingerprint density at radius 1 is 1.19 bits per heavy atom. The predicted octanol–water partition coefficient (Wildman–Crippen LogP) is 1.39. The number of anilines is 2. The van der Waals surface area contributed by atoms with Crippen LogP contribution < -0.4 is 15.2 Å². The van der Waals surface area contributed by atoms with E-state index in [2.05, 4.69) is 10.3 Å². The van der Waals surface area contributed by atoms with Gasteiger partial charge in [0.15, 0.2) is 5.75 Å². The van der Waals surface area contributed by atoms with Gasteiger partial charge in [-0.1, -0.05) is 0 Å². The number of nitrogens with zero attached hydrogens (tertiary/aromatic N) is 1. The van der Waals surface area contributed by atoms with E-state index < -0.39 is 10.1 Å². The van der Waals surface area contributed by atoms with Gasteiger partial charge in [0.2, 0.25) is 5.91 Å². The molecule has 2 aromatic rings. The Bertz CT molecular complexity index is 740. The number of nitrogen functional groups attached to an aromatic ring is 1. The molecular weight excluding hydrogens is 294 g/mol. The maximum atomic E-state index is 12.1. The van der Waals surface area contributed by atoms with Gasteiger partial charge in [-0.25, -0.2) is 4.98 Å². The van der Waals surface area contributed by atoms with E-state index >= 15 is 0 Å². The van der Waals surface area contributed by atoms with E-state index in [9.17, 15) is 13.2 Å². The van der Waals surface area contributed by atoms with Crippen LogP contribution in [0.3, 0.4) is 0 Å². The molecule has 0 saturated carbocycles. The number of carbonyl (C=O) groups is 1. The van der Waals surface area contributed by atoms with Crippen molar-refractivity contribution in [2.75, 3.05) is 11.1 Å². The van der Waals surface area contributed by atoms with Crippen molar-refractivity contribution in [2.24, 2.45) is 0 Å². The first-order chi connectivity index (χ1) is 9.87. The molecule has 0 spiro atoms. The van der Waals surface area contributed by atoms with Crippen LogP contribution in [0.15, 0.2) is 47.5 Å². The second-order valence-electron chi connectivity index (χ2n) is 4.16. The van der Waals surface area contributed by atoms with Crippen molar-refractivity contribution < 1.29 is 17.4 Å². The summed E-state index contributed by atoms with van der Waals surface area (Å²) in [6.45, 7) is 1.36. The molecule has 3 N–H and O–H groups in total. The lowest BCUT2D eigenvalue weighted by Gasteiger charge is -2.08. The number of benzene rings is 1. The summed E-state index contributed by atoms with van der Waals surface area (Å²) in [5.74, 6) is 0.0874. The lowest BCUT2D eigenvalue weighted by molar-refractivity contribution is -0.114. The number of rotatable bonds is 4. The van der Waals surface area contributed by atoms with Gasteiger partial charge in [0, 0.05) is 12.6 Å². The van der Waals surface area contributed by atoms with E-state index in [0.717, 1.165) is 0 Å². The van der Waals surface area contributed by atoms with E-state index in [-0.39, 0.29) is 22.4 Å². The van der Waals surface area contributed by atoms with Gasteiger partial charge < -0.3 is 15.2 Å². The predicted molar refractivity (Wildman–Crippen MR) is 77.2 cm³/mol. The molecule has 0 aliphatic rings. The molecule has 0 bridgehead atoms. The highest BCUT2D eigenvalue weighted by Gasteiger charge is 2.16. The summed E-state index contributed by atoms with van der Waals surface area (Å²) in [4.78, 5) is 14.6. The zero-order valence-electron chi connectivity index (χ0n) is 11.1. The Hall–Kier alpha value is -2.61. The van der Waals surface area contributed by atoms with E-state index in [0.29, 0.717) is 5.69 Å². The first-order valence-corrected chi connectivity index (χ1v) is 7.31.